The predicted molar refractivity (Wildman–Crippen MR) is 106 cm³/mol. The number of alkyl halides is 3. The van der Waals surface area contributed by atoms with E-state index in [1.54, 1.807) is 11.8 Å². The second kappa shape index (κ2) is 10.2. The van der Waals surface area contributed by atoms with Gasteiger partial charge in [-0.25, -0.2) is 0 Å². The van der Waals surface area contributed by atoms with Crippen molar-refractivity contribution in [3.8, 4) is 0 Å². The third-order valence-electron chi connectivity index (χ3n) is 5.09. The van der Waals surface area contributed by atoms with Crippen LogP contribution in [0.5, 0.6) is 0 Å². The Morgan fingerprint density at radius 1 is 1.21 bits per heavy atom. The van der Waals surface area contributed by atoms with E-state index in [4.69, 9.17) is 0 Å². The van der Waals surface area contributed by atoms with Crippen molar-refractivity contribution in [2.75, 3.05) is 17.3 Å². The number of benzene rings is 1. The third-order valence-corrected chi connectivity index (χ3v) is 5.73. The van der Waals surface area contributed by atoms with Crippen molar-refractivity contribution >= 4 is 29.3 Å². The van der Waals surface area contributed by atoms with Gasteiger partial charge in [0.15, 0.2) is 0 Å². The van der Waals surface area contributed by atoms with Crippen molar-refractivity contribution in [3.05, 3.63) is 29.8 Å². The molecule has 0 saturated heterocycles. The molecule has 8 heteroatoms. The minimum absolute atomic E-state index is 0.0646. The fraction of sp³-hybridized carbons (Fsp3) is 0.600. The van der Waals surface area contributed by atoms with E-state index in [0.29, 0.717) is 18.1 Å². The highest BCUT2D eigenvalue weighted by Crippen LogP contribution is 2.31. The number of halogens is 3. The molecule has 2 rings (SSSR count). The highest BCUT2D eigenvalue weighted by Gasteiger charge is 2.31. The lowest BCUT2D eigenvalue weighted by molar-refractivity contribution is -0.137. The van der Waals surface area contributed by atoms with E-state index < -0.39 is 23.7 Å². The molecule has 1 aliphatic rings. The van der Waals surface area contributed by atoms with Crippen molar-refractivity contribution in [3.63, 3.8) is 0 Å². The maximum atomic E-state index is 12.9. The molecular weight excluding hydrogens is 389 g/mol. The van der Waals surface area contributed by atoms with Gasteiger partial charge in [0.25, 0.3) is 0 Å². The zero-order chi connectivity index (χ0) is 20.7. The second-order valence-corrected chi connectivity index (χ2v) is 8.35. The molecule has 2 amide bonds. The summed E-state index contributed by atoms with van der Waals surface area (Å²) in [6.07, 6.45) is 1.42. The van der Waals surface area contributed by atoms with E-state index in [0.717, 1.165) is 37.8 Å². The van der Waals surface area contributed by atoms with E-state index in [-0.39, 0.29) is 17.5 Å². The molecule has 1 saturated carbocycles. The summed E-state index contributed by atoms with van der Waals surface area (Å²) < 4.78 is 38.6. The van der Waals surface area contributed by atoms with Gasteiger partial charge >= 0.3 is 6.18 Å². The highest BCUT2D eigenvalue weighted by molar-refractivity contribution is 7.98. The molecular formula is C20H27F3N2O2S. The summed E-state index contributed by atoms with van der Waals surface area (Å²) in [5, 5.41) is 5.33. The van der Waals surface area contributed by atoms with Crippen LogP contribution in [-0.2, 0) is 15.8 Å². The monoisotopic (exact) mass is 416 g/mol. The molecule has 0 unspecified atom stereocenters. The molecule has 2 N–H and O–H groups in total. The van der Waals surface area contributed by atoms with E-state index in [2.05, 4.69) is 17.6 Å². The van der Waals surface area contributed by atoms with Gasteiger partial charge in [0.2, 0.25) is 11.8 Å². The quantitative estimate of drug-likeness (QED) is 0.677. The van der Waals surface area contributed by atoms with Gasteiger partial charge < -0.3 is 10.6 Å². The van der Waals surface area contributed by atoms with Crippen LogP contribution in [0.4, 0.5) is 18.9 Å². The smallest absolute Gasteiger partial charge is 0.344 e. The molecule has 4 nitrogen and oxygen atoms in total. The first-order valence-electron chi connectivity index (χ1n) is 9.48. The molecule has 1 atom stereocenters. The van der Waals surface area contributed by atoms with Crippen molar-refractivity contribution in [1.82, 2.24) is 5.32 Å². The zero-order valence-corrected chi connectivity index (χ0v) is 17.0. The van der Waals surface area contributed by atoms with Crippen molar-refractivity contribution < 1.29 is 22.8 Å². The Morgan fingerprint density at radius 3 is 2.50 bits per heavy atom. The largest absolute Gasteiger partial charge is 0.416 e. The number of hydrogen-bond donors (Lipinski definition) is 2. The van der Waals surface area contributed by atoms with Crippen molar-refractivity contribution in [2.45, 2.75) is 51.2 Å². The first kappa shape index (κ1) is 22.6. The number of rotatable bonds is 7. The average molecular weight is 417 g/mol. The van der Waals surface area contributed by atoms with Crippen LogP contribution in [0.15, 0.2) is 24.3 Å². The van der Waals surface area contributed by atoms with Crippen molar-refractivity contribution in [1.29, 1.82) is 0 Å². The summed E-state index contributed by atoms with van der Waals surface area (Å²) in [5.41, 5.74) is -0.763. The van der Waals surface area contributed by atoms with Gasteiger partial charge in [0.05, 0.1) is 5.56 Å². The molecule has 0 aliphatic heterocycles. The molecule has 0 radical (unpaired) electrons. The summed E-state index contributed by atoms with van der Waals surface area (Å²) in [4.78, 5) is 25.2. The van der Waals surface area contributed by atoms with Gasteiger partial charge in [0, 0.05) is 11.6 Å². The molecule has 28 heavy (non-hydrogen) atoms. The van der Waals surface area contributed by atoms with Crippen LogP contribution in [0.1, 0.15) is 44.6 Å². The molecule has 0 spiro atoms. The van der Waals surface area contributed by atoms with Crippen molar-refractivity contribution in [2.24, 2.45) is 11.8 Å². The summed E-state index contributed by atoms with van der Waals surface area (Å²) >= 11 is 1.54. The van der Waals surface area contributed by atoms with E-state index in [9.17, 15) is 22.8 Å². The van der Waals surface area contributed by atoms with Crippen LogP contribution in [0, 0.1) is 11.8 Å². The minimum Gasteiger partial charge on any atom is -0.344 e. The topological polar surface area (TPSA) is 58.2 Å². The molecule has 0 heterocycles. The van der Waals surface area contributed by atoms with Gasteiger partial charge in [-0.1, -0.05) is 13.0 Å². The third kappa shape index (κ3) is 6.72. The van der Waals surface area contributed by atoms with Gasteiger partial charge in [-0.15, -0.1) is 0 Å². The summed E-state index contributed by atoms with van der Waals surface area (Å²) in [5.74, 6) is 0.529. The number of hydrogen-bond acceptors (Lipinski definition) is 3. The maximum absolute atomic E-state index is 12.9. The van der Waals surface area contributed by atoms with Crippen LogP contribution >= 0.6 is 11.8 Å². The average Bonchev–Trinajstić information content (AvgIpc) is 2.65. The number of nitrogens with one attached hydrogen (secondary N) is 2. The fourth-order valence-corrected chi connectivity index (χ4v) is 3.79. The Bertz CT molecular complexity index is 674. The van der Waals surface area contributed by atoms with Crippen LogP contribution in [0.25, 0.3) is 0 Å². The lowest BCUT2D eigenvalue weighted by atomic mass is 9.82. The molecule has 0 aromatic heterocycles. The Hall–Kier alpha value is -1.70. The molecule has 0 bridgehead atoms. The number of carbonyl (C=O) groups excluding carboxylic acids is 2. The first-order chi connectivity index (χ1) is 13.2. The molecule has 1 aliphatic carbocycles. The Balaban J connectivity index is 2.03. The summed E-state index contributed by atoms with van der Waals surface area (Å²) in [6, 6.07) is 3.73. The lowest BCUT2D eigenvalue weighted by Crippen LogP contribution is -2.46. The summed E-state index contributed by atoms with van der Waals surface area (Å²) in [6.45, 7) is 2.16. The number of anilines is 1. The molecule has 1 aromatic rings. The first-order valence-corrected chi connectivity index (χ1v) is 10.9. The van der Waals surface area contributed by atoms with Crippen LogP contribution in [0.2, 0.25) is 0 Å². The predicted octanol–water partition coefficient (Wildman–Crippen LogP) is 4.71. The SMILES string of the molecule is CSCC[C@@H](NC(=O)C1CCC(C)CC1)C(=O)Nc1cccc(C(F)(F)F)c1. The molecule has 156 valence electrons. The van der Waals surface area contributed by atoms with Crippen LogP contribution in [-0.4, -0.2) is 29.9 Å². The number of carbonyl (C=O) groups is 2. The van der Waals surface area contributed by atoms with Gasteiger partial charge in [0.1, 0.15) is 6.04 Å². The number of thioether (sulfide) groups is 1. The Kier molecular flexibility index (Phi) is 8.22. The Morgan fingerprint density at radius 2 is 1.89 bits per heavy atom. The fourth-order valence-electron chi connectivity index (χ4n) is 3.32. The van der Waals surface area contributed by atoms with Crippen LogP contribution < -0.4 is 10.6 Å². The summed E-state index contributed by atoms with van der Waals surface area (Å²) in [7, 11) is 0. The minimum atomic E-state index is -4.48. The Labute approximate surface area is 168 Å². The van der Waals surface area contributed by atoms with E-state index in [1.807, 2.05) is 6.26 Å². The van der Waals surface area contributed by atoms with Crippen LogP contribution in [0.3, 0.4) is 0 Å². The highest BCUT2D eigenvalue weighted by atomic mass is 32.2. The zero-order valence-electron chi connectivity index (χ0n) is 16.1. The van der Waals surface area contributed by atoms with E-state index in [1.165, 1.54) is 12.1 Å². The normalized spacial score (nSPS) is 21.0. The molecule has 1 fully saturated rings. The standard InChI is InChI=1S/C20H27F3N2O2S/c1-13-6-8-14(9-7-13)18(26)25-17(10-11-28-2)19(27)24-16-5-3-4-15(12-16)20(21,22)23/h3-5,12-14,17H,6-11H2,1-2H3,(H,24,27)(H,25,26)/t13?,14?,17-/m1/s1. The molecule has 1 aromatic carbocycles. The number of amides is 2. The maximum Gasteiger partial charge on any atom is 0.416 e. The van der Waals surface area contributed by atoms with E-state index >= 15 is 0 Å². The van der Waals surface area contributed by atoms with Gasteiger partial charge in [-0.05, 0) is 68.2 Å². The van der Waals surface area contributed by atoms with Gasteiger partial charge in [-0.2, -0.15) is 24.9 Å². The second-order valence-electron chi connectivity index (χ2n) is 7.37. The lowest BCUT2D eigenvalue weighted by Gasteiger charge is -2.27. The van der Waals surface area contributed by atoms with Gasteiger partial charge in [-0.3, -0.25) is 9.59 Å².